The van der Waals surface area contributed by atoms with Crippen molar-refractivity contribution in [1.82, 2.24) is 4.57 Å². The highest BCUT2D eigenvalue weighted by molar-refractivity contribution is 7.12. The van der Waals surface area contributed by atoms with Gasteiger partial charge in [0.15, 0.2) is 6.61 Å². The predicted molar refractivity (Wildman–Crippen MR) is 100 cm³/mol. The molecule has 0 N–H and O–H groups in total. The van der Waals surface area contributed by atoms with Gasteiger partial charge in [-0.15, -0.1) is 11.3 Å². The smallest absolute Gasteiger partial charge is 0.340 e. The van der Waals surface area contributed by atoms with Gasteiger partial charge in [-0.2, -0.15) is 0 Å². The van der Waals surface area contributed by atoms with E-state index in [0.717, 1.165) is 26.9 Å². The Morgan fingerprint density at radius 1 is 1.15 bits per heavy atom. The second-order valence-electron chi connectivity index (χ2n) is 6.28. The lowest BCUT2D eigenvalue weighted by atomic mass is 10.2. The normalized spacial score (nSPS) is 10.9. The molecule has 0 aliphatic rings. The van der Waals surface area contributed by atoms with Gasteiger partial charge in [-0.3, -0.25) is 4.79 Å². The van der Waals surface area contributed by atoms with Gasteiger partial charge in [0.05, 0.1) is 18.4 Å². The number of hydrogen-bond donors (Lipinski definition) is 0. The molecule has 0 fully saturated rings. The number of hydrogen-bond acceptors (Lipinski definition) is 5. The molecule has 0 spiro atoms. The summed E-state index contributed by atoms with van der Waals surface area (Å²) >= 11 is 1.56. The molecule has 26 heavy (non-hydrogen) atoms. The Balaban J connectivity index is 1.70. The number of nitrogens with zero attached hydrogens (tertiary/aromatic N) is 1. The van der Waals surface area contributed by atoms with Gasteiger partial charge in [0.1, 0.15) is 5.76 Å². The van der Waals surface area contributed by atoms with Crippen LogP contribution in [0, 0.1) is 27.7 Å². The minimum atomic E-state index is -0.484. The molecule has 0 atom stereocenters. The molecule has 136 valence electrons. The molecule has 0 bridgehead atoms. The van der Waals surface area contributed by atoms with Crippen molar-refractivity contribution in [3.8, 4) is 0 Å². The molecular weight excluding hydrogens is 350 g/mol. The van der Waals surface area contributed by atoms with Gasteiger partial charge >= 0.3 is 5.97 Å². The number of carbonyl (C=O) groups excluding carboxylic acids is 2. The van der Waals surface area contributed by atoms with E-state index in [0.29, 0.717) is 17.7 Å². The molecule has 3 aromatic rings. The quantitative estimate of drug-likeness (QED) is 0.474. The summed E-state index contributed by atoms with van der Waals surface area (Å²) in [5.74, 6) is 0.150. The first kappa shape index (κ1) is 18.2. The van der Waals surface area contributed by atoms with Gasteiger partial charge in [-0.1, -0.05) is 0 Å². The molecule has 6 heteroatoms. The van der Waals surface area contributed by atoms with Crippen LogP contribution in [0.25, 0.3) is 0 Å². The van der Waals surface area contributed by atoms with Crippen LogP contribution in [0.2, 0.25) is 0 Å². The highest BCUT2D eigenvalue weighted by atomic mass is 32.1. The Morgan fingerprint density at radius 3 is 2.54 bits per heavy atom. The summed E-state index contributed by atoms with van der Waals surface area (Å²) in [6.45, 7) is 7.93. The van der Waals surface area contributed by atoms with E-state index in [1.807, 2.05) is 50.5 Å². The monoisotopic (exact) mass is 371 g/mol. The predicted octanol–water partition coefficient (Wildman–Crippen LogP) is 4.46. The Bertz CT molecular complexity index is 947. The molecule has 0 amide bonds. The summed E-state index contributed by atoms with van der Waals surface area (Å²) in [7, 11) is 0. The summed E-state index contributed by atoms with van der Waals surface area (Å²) in [6.07, 6.45) is 1.62. The number of Topliss-reactive ketones (excluding diaryl/α,β-unsaturated/α-hetero) is 1. The fraction of sp³-hybridized carbons (Fsp3) is 0.300. The van der Waals surface area contributed by atoms with Crippen molar-refractivity contribution in [2.45, 2.75) is 34.2 Å². The van der Waals surface area contributed by atoms with E-state index >= 15 is 0 Å². The Hall–Kier alpha value is -2.60. The molecule has 0 saturated heterocycles. The summed E-state index contributed by atoms with van der Waals surface area (Å²) in [5.41, 5.74) is 2.82. The average molecular weight is 371 g/mol. The lowest BCUT2D eigenvalue weighted by molar-refractivity contribution is 0.0474. The van der Waals surface area contributed by atoms with Crippen molar-refractivity contribution < 1.29 is 18.7 Å². The van der Waals surface area contributed by atoms with Crippen molar-refractivity contribution in [2.24, 2.45) is 0 Å². The van der Waals surface area contributed by atoms with Crippen LogP contribution in [0.4, 0.5) is 0 Å². The van der Waals surface area contributed by atoms with Crippen molar-refractivity contribution in [3.05, 3.63) is 68.6 Å². The van der Waals surface area contributed by atoms with Gasteiger partial charge in [-0.25, -0.2) is 4.79 Å². The van der Waals surface area contributed by atoms with Crippen LogP contribution in [-0.4, -0.2) is 22.9 Å². The van der Waals surface area contributed by atoms with Crippen LogP contribution in [0.1, 0.15) is 47.6 Å². The SMILES string of the molecule is Cc1cc(C(=O)COC(=O)c2cc(C)n(Cc3ccco3)c2C)c(C)s1. The average Bonchev–Trinajstić information content (AvgIpc) is 3.29. The number of ketones is 1. The fourth-order valence-electron chi connectivity index (χ4n) is 3.00. The standard InChI is InChI=1S/C20H21NO4S/c1-12-8-17(14(3)21(12)10-16-6-5-7-24-16)20(23)25-11-19(22)18-9-13(2)26-15(18)4/h5-9H,10-11H2,1-4H3. The summed E-state index contributed by atoms with van der Waals surface area (Å²) in [5, 5.41) is 0. The first-order chi connectivity index (χ1) is 12.4. The fourth-order valence-corrected chi connectivity index (χ4v) is 3.95. The zero-order chi connectivity index (χ0) is 18.8. The third-order valence-electron chi connectivity index (χ3n) is 4.36. The number of rotatable bonds is 6. The Morgan fingerprint density at radius 2 is 1.92 bits per heavy atom. The maximum Gasteiger partial charge on any atom is 0.340 e. The lowest BCUT2D eigenvalue weighted by Crippen LogP contribution is -2.15. The molecule has 3 heterocycles. The number of esters is 1. The van der Waals surface area contributed by atoms with E-state index in [9.17, 15) is 9.59 Å². The molecule has 0 aromatic carbocycles. The largest absolute Gasteiger partial charge is 0.467 e. The second-order valence-corrected chi connectivity index (χ2v) is 7.74. The summed E-state index contributed by atoms with van der Waals surface area (Å²) in [6, 6.07) is 7.34. The van der Waals surface area contributed by atoms with Gasteiger partial charge < -0.3 is 13.7 Å². The van der Waals surface area contributed by atoms with Crippen LogP contribution in [0.15, 0.2) is 34.9 Å². The molecule has 0 radical (unpaired) electrons. The van der Waals surface area contributed by atoms with E-state index < -0.39 is 5.97 Å². The molecule has 0 aliphatic heterocycles. The van der Waals surface area contributed by atoms with E-state index in [1.54, 1.807) is 23.7 Å². The summed E-state index contributed by atoms with van der Waals surface area (Å²) < 4.78 is 12.6. The third kappa shape index (κ3) is 3.65. The molecule has 0 saturated carbocycles. The van der Waals surface area contributed by atoms with Crippen molar-refractivity contribution >= 4 is 23.1 Å². The highest BCUT2D eigenvalue weighted by Crippen LogP contribution is 2.22. The van der Waals surface area contributed by atoms with Gasteiger partial charge in [0.25, 0.3) is 0 Å². The number of thiophene rings is 1. The third-order valence-corrected chi connectivity index (χ3v) is 5.33. The maximum atomic E-state index is 12.5. The maximum absolute atomic E-state index is 12.5. The Kier molecular flexibility index (Phi) is 5.13. The van der Waals surface area contributed by atoms with Crippen LogP contribution >= 0.6 is 11.3 Å². The minimum absolute atomic E-state index is 0.176. The molecule has 5 nitrogen and oxygen atoms in total. The van der Waals surface area contributed by atoms with Crippen LogP contribution in [-0.2, 0) is 11.3 Å². The van der Waals surface area contributed by atoms with Crippen molar-refractivity contribution in [1.29, 1.82) is 0 Å². The van der Waals surface area contributed by atoms with E-state index in [1.165, 1.54) is 0 Å². The van der Waals surface area contributed by atoms with Crippen LogP contribution in [0.3, 0.4) is 0 Å². The minimum Gasteiger partial charge on any atom is -0.467 e. The molecular formula is C20H21NO4S. The molecule has 3 rings (SSSR count). The number of furan rings is 1. The second kappa shape index (κ2) is 7.33. The lowest BCUT2D eigenvalue weighted by Gasteiger charge is -2.08. The highest BCUT2D eigenvalue weighted by Gasteiger charge is 2.20. The number of ether oxygens (including phenoxy) is 1. The molecule has 3 aromatic heterocycles. The Labute approximate surface area is 156 Å². The number of carbonyl (C=O) groups is 2. The van der Waals surface area contributed by atoms with E-state index in [2.05, 4.69) is 0 Å². The zero-order valence-corrected chi connectivity index (χ0v) is 16.1. The van der Waals surface area contributed by atoms with E-state index in [-0.39, 0.29) is 12.4 Å². The van der Waals surface area contributed by atoms with Gasteiger partial charge in [0, 0.05) is 26.7 Å². The topological polar surface area (TPSA) is 61.4 Å². The zero-order valence-electron chi connectivity index (χ0n) is 15.3. The molecule has 0 unspecified atom stereocenters. The van der Waals surface area contributed by atoms with E-state index in [4.69, 9.17) is 9.15 Å². The summed E-state index contributed by atoms with van der Waals surface area (Å²) in [4.78, 5) is 26.8. The number of aromatic nitrogens is 1. The first-order valence-electron chi connectivity index (χ1n) is 8.33. The first-order valence-corrected chi connectivity index (χ1v) is 9.15. The molecule has 0 aliphatic carbocycles. The van der Waals surface area contributed by atoms with Gasteiger partial charge in [-0.05, 0) is 52.0 Å². The number of aryl methyl sites for hydroxylation is 3. The van der Waals surface area contributed by atoms with Gasteiger partial charge in [0.2, 0.25) is 5.78 Å². The van der Waals surface area contributed by atoms with Crippen LogP contribution < -0.4 is 0 Å². The van der Waals surface area contributed by atoms with Crippen molar-refractivity contribution in [2.75, 3.05) is 6.61 Å². The van der Waals surface area contributed by atoms with Crippen molar-refractivity contribution in [3.63, 3.8) is 0 Å². The van der Waals surface area contributed by atoms with Crippen LogP contribution in [0.5, 0.6) is 0 Å².